The Morgan fingerprint density at radius 3 is 2.64 bits per heavy atom. The Morgan fingerprint density at radius 1 is 1.14 bits per heavy atom. The Balaban J connectivity index is 0.00000280. The van der Waals surface area contributed by atoms with Crippen molar-refractivity contribution in [3.05, 3.63) is 60.4 Å². The molecule has 0 saturated carbocycles. The zero-order valence-corrected chi connectivity index (χ0v) is 18.7. The number of guanidine groups is 1. The molecule has 0 amide bonds. The van der Waals surface area contributed by atoms with Gasteiger partial charge in [-0.25, -0.2) is 4.98 Å². The molecule has 2 N–H and O–H groups in total. The summed E-state index contributed by atoms with van der Waals surface area (Å²) in [4.78, 5) is 14.8. The molecule has 6 nitrogen and oxygen atoms in total. The molecule has 0 aliphatic carbocycles. The quantitative estimate of drug-likeness (QED) is 0.286. The van der Waals surface area contributed by atoms with Crippen LogP contribution in [0.25, 0.3) is 11.0 Å². The van der Waals surface area contributed by atoms with E-state index in [0.717, 1.165) is 48.1 Å². The number of ether oxygens (including phenoxy) is 1. The molecule has 0 spiro atoms. The molecule has 1 aromatic heterocycles. The second-order valence-electron chi connectivity index (χ2n) is 6.27. The summed E-state index contributed by atoms with van der Waals surface area (Å²) in [5, 5.41) is 3.33. The second kappa shape index (κ2) is 11.5. The number of aliphatic imine (C=N–C) groups is 1. The number of nitrogens with one attached hydrogen (secondary N) is 2. The van der Waals surface area contributed by atoms with E-state index < -0.39 is 0 Å². The van der Waals surface area contributed by atoms with Gasteiger partial charge in [-0.15, -0.1) is 24.0 Å². The van der Waals surface area contributed by atoms with Gasteiger partial charge in [0.05, 0.1) is 17.6 Å². The van der Waals surface area contributed by atoms with Crippen molar-refractivity contribution in [2.24, 2.45) is 4.99 Å². The fourth-order valence-corrected chi connectivity index (χ4v) is 2.78. The summed E-state index contributed by atoms with van der Waals surface area (Å²) in [5.74, 6) is 2.73. The van der Waals surface area contributed by atoms with E-state index in [1.54, 1.807) is 0 Å². The highest BCUT2D eigenvalue weighted by atomic mass is 127. The number of aromatic nitrogens is 2. The largest absolute Gasteiger partial charge is 0.492 e. The number of aromatic amines is 1. The summed E-state index contributed by atoms with van der Waals surface area (Å²) >= 11 is 0. The molecule has 0 radical (unpaired) electrons. The lowest BCUT2D eigenvalue weighted by Gasteiger charge is -2.22. The molecule has 2 aromatic carbocycles. The average molecular weight is 493 g/mol. The number of imidazole rings is 1. The summed E-state index contributed by atoms with van der Waals surface area (Å²) in [5.41, 5.74) is 2.07. The van der Waals surface area contributed by atoms with Gasteiger partial charge in [0, 0.05) is 26.6 Å². The van der Waals surface area contributed by atoms with E-state index in [1.807, 2.05) is 61.6 Å². The minimum atomic E-state index is 0. The van der Waals surface area contributed by atoms with E-state index in [-0.39, 0.29) is 24.0 Å². The first-order valence-corrected chi connectivity index (χ1v) is 9.37. The number of likely N-dealkylation sites (N-methyl/N-ethyl adjacent to an activating group) is 1. The van der Waals surface area contributed by atoms with Crippen LogP contribution in [-0.2, 0) is 6.42 Å². The maximum absolute atomic E-state index is 5.77. The molecule has 0 unspecified atom stereocenters. The smallest absolute Gasteiger partial charge is 0.193 e. The summed E-state index contributed by atoms with van der Waals surface area (Å²) in [6, 6.07) is 17.9. The van der Waals surface area contributed by atoms with Crippen LogP contribution in [0.4, 0.5) is 0 Å². The Bertz CT molecular complexity index is 832. The van der Waals surface area contributed by atoms with Gasteiger partial charge in [-0.1, -0.05) is 30.3 Å². The number of hydrogen-bond acceptors (Lipinski definition) is 3. The van der Waals surface area contributed by atoms with Gasteiger partial charge in [-0.2, -0.15) is 0 Å². The van der Waals surface area contributed by atoms with Crippen molar-refractivity contribution >= 4 is 41.0 Å². The first-order valence-electron chi connectivity index (χ1n) is 9.37. The summed E-state index contributed by atoms with van der Waals surface area (Å²) in [6.45, 7) is 4.93. The Labute approximate surface area is 183 Å². The van der Waals surface area contributed by atoms with Crippen LogP contribution in [0.2, 0.25) is 0 Å². The molecule has 0 aliphatic heterocycles. The molecule has 0 atom stereocenters. The Hall–Kier alpha value is -2.29. The lowest BCUT2D eigenvalue weighted by molar-refractivity contribution is 0.281. The van der Waals surface area contributed by atoms with Gasteiger partial charge in [0.25, 0.3) is 0 Å². The highest BCUT2D eigenvalue weighted by Crippen LogP contribution is 2.10. The van der Waals surface area contributed by atoms with Crippen molar-refractivity contribution in [3.8, 4) is 5.75 Å². The molecule has 28 heavy (non-hydrogen) atoms. The van der Waals surface area contributed by atoms with Crippen LogP contribution in [-0.4, -0.2) is 54.1 Å². The number of hydrogen-bond donors (Lipinski definition) is 2. The molecule has 7 heteroatoms. The van der Waals surface area contributed by atoms with Crippen LogP contribution in [0.3, 0.4) is 0 Å². The second-order valence-corrected chi connectivity index (χ2v) is 6.27. The third kappa shape index (κ3) is 6.40. The summed E-state index contributed by atoms with van der Waals surface area (Å²) in [6.07, 6.45) is 0.776. The lowest BCUT2D eigenvalue weighted by atomic mass is 10.3. The van der Waals surface area contributed by atoms with Crippen LogP contribution in [0.15, 0.2) is 59.6 Å². The van der Waals surface area contributed by atoms with Crippen LogP contribution in [0.1, 0.15) is 12.7 Å². The first-order chi connectivity index (χ1) is 13.3. The van der Waals surface area contributed by atoms with Crippen molar-refractivity contribution in [1.29, 1.82) is 0 Å². The average Bonchev–Trinajstić information content (AvgIpc) is 3.11. The Morgan fingerprint density at radius 2 is 1.89 bits per heavy atom. The third-order valence-electron chi connectivity index (χ3n) is 4.18. The summed E-state index contributed by atoms with van der Waals surface area (Å²) in [7, 11) is 2.02. The molecule has 3 aromatic rings. The number of para-hydroxylation sites is 3. The monoisotopic (exact) mass is 493 g/mol. The van der Waals surface area contributed by atoms with Crippen LogP contribution in [0.5, 0.6) is 5.75 Å². The first kappa shape index (κ1) is 22.0. The van der Waals surface area contributed by atoms with Crippen LogP contribution < -0.4 is 10.1 Å². The standard InChI is InChI=1S/C21H27N5O.HI/c1-3-22-21(26(2)15-16-27-17-9-5-4-6-10-17)23-14-13-20-24-18-11-7-8-12-19(18)25-20;/h4-12H,3,13-16H2,1-2H3,(H,22,23)(H,24,25);1H. The van der Waals surface area contributed by atoms with Gasteiger partial charge in [-0.3, -0.25) is 4.99 Å². The molecule has 3 rings (SSSR count). The third-order valence-corrected chi connectivity index (χ3v) is 4.18. The van der Waals surface area contributed by atoms with Gasteiger partial charge in [0.2, 0.25) is 0 Å². The molecule has 0 aliphatic rings. The van der Waals surface area contributed by atoms with Crippen LogP contribution >= 0.6 is 24.0 Å². The van der Waals surface area contributed by atoms with Crippen molar-refractivity contribution < 1.29 is 4.74 Å². The number of halogens is 1. The van der Waals surface area contributed by atoms with Crippen LogP contribution in [0, 0.1) is 0 Å². The van der Waals surface area contributed by atoms with Gasteiger partial charge in [0.1, 0.15) is 18.2 Å². The van der Waals surface area contributed by atoms with Crippen molar-refractivity contribution in [2.75, 3.05) is 33.3 Å². The molecular formula is C21H28IN5O. The van der Waals surface area contributed by atoms with Gasteiger partial charge >= 0.3 is 0 Å². The van der Waals surface area contributed by atoms with E-state index in [1.165, 1.54) is 0 Å². The zero-order chi connectivity index (χ0) is 18.9. The number of benzene rings is 2. The lowest BCUT2D eigenvalue weighted by Crippen LogP contribution is -2.41. The molecule has 1 heterocycles. The van der Waals surface area contributed by atoms with E-state index in [9.17, 15) is 0 Å². The fraction of sp³-hybridized carbons (Fsp3) is 0.333. The molecule has 150 valence electrons. The van der Waals surface area contributed by atoms with Gasteiger partial charge < -0.3 is 19.9 Å². The molecular weight excluding hydrogens is 465 g/mol. The van der Waals surface area contributed by atoms with Crippen molar-refractivity contribution in [1.82, 2.24) is 20.2 Å². The number of H-pyrrole nitrogens is 1. The summed E-state index contributed by atoms with van der Waals surface area (Å²) < 4.78 is 5.77. The minimum absolute atomic E-state index is 0. The van der Waals surface area contributed by atoms with Crippen molar-refractivity contribution in [2.45, 2.75) is 13.3 Å². The highest BCUT2D eigenvalue weighted by Gasteiger charge is 2.06. The molecule has 0 fully saturated rings. The normalized spacial score (nSPS) is 11.1. The Kier molecular flexibility index (Phi) is 9.06. The van der Waals surface area contributed by atoms with E-state index in [4.69, 9.17) is 9.73 Å². The number of fused-ring (bicyclic) bond motifs is 1. The van der Waals surface area contributed by atoms with Gasteiger partial charge in [0.15, 0.2) is 5.96 Å². The maximum atomic E-state index is 5.77. The van der Waals surface area contributed by atoms with Gasteiger partial charge in [-0.05, 0) is 31.2 Å². The predicted molar refractivity (Wildman–Crippen MR) is 126 cm³/mol. The number of nitrogens with zero attached hydrogens (tertiary/aromatic N) is 3. The highest BCUT2D eigenvalue weighted by molar-refractivity contribution is 14.0. The fourth-order valence-electron chi connectivity index (χ4n) is 2.78. The molecule has 0 bridgehead atoms. The topological polar surface area (TPSA) is 65.5 Å². The van der Waals surface area contributed by atoms with Crippen molar-refractivity contribution in [3.63, 3.8) is 0 Å². The zero-order valence-electron chi connectivity index (χ0n) is 16.4. The maximum Gasteiger partial charge on any atom is 0.193 e. The minimum Gasteiger partial charge on any atom is -0.492 e. The SMILES string of the molecule is CCNC(=NCCc1nc2ccccc2[nH]1)N(C)CCOc1ccccc1.I. The van der Waals surface area contributed by atoms with E-state index in [2.05, 4.69) is 27.1 Å². The molecule has 0 saturated heterocycles. The predicted octanol–water partition coefficient (Wildman–Crippen LogP) is 3.70. The van der Waals surface area contributed by atoms with E-state index >= 15 is 0 Å². The number of rotatable bonds is 8. The van der Waals surface area contributed by atoms with E-state index in [0.29, 0.717) is 13.2 Å².